The molecule has 0 spiro atoms. The summed E-state index contributed by atoms with van der Waals surface area (Å²) in [6.45, 7) is 4.84. The van der Waals surface area contributed by atoms with Crippen molar-refractivity contribution in [3.05, 3.63) is 46.7 Å². The van der Waals surface area contributed by atoms with Crippen molar-refractivity contribution in [1.29, 1.82) is 0 Å². The minimum absolute atomic E-state index is 0.0356. The third kappa shape index (κ3) is 4.17. The van der Waals surface area contributed by atoms with Crippen LogP contribution >= 0.6 is 11.3 Å². The molecule has 1 aromatic carbocycles. The number of carbonyl (C=O) groups is 1. The number of hydrogen-bond donors (Lipinski definition) is 1. The predicted octanol–water partition coefficient (Wildman–Crippen LogP) is 3.65. The van der Waals surface area contributed by atoms with E-state index < -0.39 is 0 Å². The van der Waals surface area contributed by atoms with Gasteiger partial charge in [-0.3, -0.25) is 9.69 Å². The zero-order valence-electron chi connectivity index (χ0n) is 15.0. The second kappa shape index (κ2) is 8.33. The van der Waals surface area contributed by atoms with Crippen molar-refractivity contribution >= 4 is 17.2 Å². The van der Waals surface area contributed by atoms with E-state index >= 15 is 0 Å². The number of likely N-dealkylation sites (tertiary alicyclic amines) is 1. The fourth-order valence-electron chi connectivity index (χ4n) is 3.91. The largest absolute Gasteiger partial charge is 0.380 e. The molecule has 2 aliphatic rings. The molecule has 2 saturated heterocycles. The lowest BCUT2D eigenvalue weighted by Crippen LogP contribution is -2.43. The number of hydrogen-bond acceptors (Lipinski definition) is 4. The standard InChI is InChI=1S/C21H26N2O2S/c24-21(18-3-1-17(2-4-18)19-8-12-26-15-19)22-13-16-5-9-23(10-6-16)20-7-11-25-14-20/h1-4,8,12,15-16,20H,5-7,9-11,13-14H2,(H,22,24). The number of rotatable bonds is 5. The Morgan fingerprint density at radius 3 is 2.58 bits per heavy atom. The van der Waals surface area contributed by atoms with Gasteiger partial charge in [0.2, 0.25) is 0 Å². The number of ether oxygens (including phenoxy) is 1. The Hall–Kier alpha value is -1.69. The van der Waals surface area contributed by atoms with E-state index in [2.05, 4.69) is 27.0 Å². The maximum absolute atomic E-state index is 12.4. The molecule has 4 nitrogen and oxygen atoms in total. The van der Waals surface area contributed by atoms with E-state index in [1.807, 2.05) is 24.3 Å². The van der Waals surface area contributed by atoms with Gasteiger partial charge in [-0.05, 0) is 78.4 Å². The Bertz CT molecular complexity index is 700. The Morgan fingerprint density at radius 2 is 1.92 bits per heavy atom. The highest BCUT2D eigenvalue weighted by molar-refractivity contribution is 7.08. The number of carbonyl (C=O) groups excluding carboxylic acids is 1. The monoisotopic (exact) mass is 370 g/mol. The lowest BCUT2D eigenvalue weighted by molar-refractivity contribution is 0.0911. The molecule has 26 heavy (non-hydrogen) atoms. The van der Waals surface area contributed by atoms with Crippen molar-refractivity contribution in [2.45, 2.75) is 25.3 Å². The summed E-state index contributed by atoms with van der Waals surface area (Å²) in [6, 6.07) is 10.6. The van der Waals surface area contributed by atoms with Gasteiger partial charge in [-0.15, -0.1) is 0 Å². The van der Waals surface area contributed by atoms with Gasteiger partial charge in [0.15, 0.2) is 0 Å². The molecule has 0 aliphatic carbocycles. The van der Waals surface area contributed by atoms with Crippen LogP contribution in [-0.2, 0) is 4.74 Å². The van der Waals surface area contributed by atoms with Crippen LogP contribution in [0.2, 0.25) is 0 Å². The Morgan fingerprint density at radius 1 is 1.12 bits per heavy atom. The lowest BCUT2D eigenvalue weighted by Gasteiger charge is -2.35. The molecule has 2 fully saturated rings. The van der Waals surface area contributed by atoms with E-state index in [1.165, 1.54) is 12.0 Å². The maximum Gasteiger partial charge on any atom is 0.251 e. The van der Waals surface area contributed by atoms with Crippen molar-refractivity contribution in [1.82, 2.24) is 10.2 Å². The Balaban J connectivity index is 1.24. The minimum atomic E-state index is 0.0356. The molecule has 0 saturated carbocycles. The van der Waals surface area contributed by atoms with Crippen molar-refractivity contribution in [2.24, 2.45) is 5.92 Å². The van der Waals surface area contributed by atoms with E-state index in [0.717, 1.165) is 56.8 Å². The Kier molecular flexibility index (Phi) is 5.68. The summed E-state index contributed by atoms with van der Waals surface area (Å²) in [4.78, 5) is 15.0. The van der Waals surface area contributed by atoms with Gasteiger partial charge in [-0.2, -0.15) is 11.3 Å². The smallest absolute Gasteiger partial charge is 0.251 e. The molecule has 0 bridgehead atoms. The minimum Gasteiger partial charge on any atom is -0.380 e. The molecule has 1 amide bonds. The summed E-state index contributed by atoms with van der Waals surface area (Å²) in [5.74, 6) is 0.621. The molecule has 4 rings (SSSR count). The lowest BCUT2D eigenvalue weighted by atomic mass is 9.95. The van der Waals surface area contributed by atoms with Crippen LogP contribution in [0.5, 0.6) is 0 Å². The first-order valence-electron chi connectivity index (χ1n) is 9.52. The van der Waals surface area contributed by atoms with Crippen LogP contribution in [0, 0.1) is 5.92 Å². The van der Waals surface area contributed by atoms with Crippen molar-refractivity contribution < 1.29 is 9.53 Å². The van der Waals surface area contributed by atoms with E-state index in [-0.39, 0.29) is 5.91 Å². The van der Waals surface area contributed by atoms with Crippen molar-refractivity contribution in [3.8, 4) is 11.1 Å². The van der Waals surface area contributed by atoms with E-state index in [9.17, 15) is 4.79 Å². The summed E-state index contributed by atoms with van der Waals surface area (Å²) >= 11 is 1.69. The molecule has 5 heteroatoms. The topological polar surface area (TPSA) is 41.6 Å². The molecular formula is C21H26N2O2S. The molecular weight excluding hydrogens is 344 g/mol. The van der Waals surface area contributed by atoms with Crippen LogP contribution in [-0.4, -0.2) is 49.7 Å². The summed E-state index contributed by atoms with van der Waals surface area (Å²) in [6.07, 6.45) is 3.49. The number of amides is 1. The molecule has 2 aromatic rings. The number of thiophene rings is 1. The van der Waals surface area contributed by atoms with Crippen molar-refractivity contribution in [2.75, 3.05) is 32.8 Å². The van der Waals surface area contributed by atoms with Crippen LogP contribution in [0.15, 0.2) is 41.1 Å². The van der Waals surface area contributed by atoms with Crippen LogP contribution < -0.4 is 5.32 Å². The highest BCUT2D eigenvalue weighted by Crippen LogP contribution is 2.23. The molecule has 1 unspecified atom stereocenters. The average Bonchev–Trinajstić information content (AvgIpc) is 3.40. The number of nitrogens with zero attached hydrogens (tertiary/aromatic N) is 1. The first kappa shape index (κ1) is 17.7. The van der Waals surface area contributed by atoms with Crippen LogP contribution in [0.4, 0.5) is 0 Å². The van der Waals surface area contributed by atoms with E-state index in [4.69, 9.17) is 4.74 Å². The molecule has 1 aromatic heterocycles. The molecule has 1 N–H and O–H groups in total. The summed E-state index contributed by atoms with van der Waals surface area (Å²) < 4.78 is 5.50. The van der Waals surface area contributed by atoms with Gasteiger partial charge in [0, 0.05) is 24.8 Å². The molecule has 0 radical (unpaired) electrons. The normalized spacial score (nSPS) is 21.8. The summed E-state index contributed by atoms with van der Waals surface area (Å²) in [5, 5.41) is 7.32. The van der Waals surface area contributed by atoms with Crippen molar-refractivity contribution in [3.63, 3.8) is 0 Å². The van der Waals surface area contributed by atoms with Gasteiger partial charge in [0.1, 0.15) is 0 Å². The van der Waals surface area contributed by atoms with Gasteiger partial charge < -0.3 is 10.1 Å². The van der Waals surface area contributed by atoms with Gasteiger partial charge in [-0.25, -0.2) is 0 Å². The fraction of sp³-hybridized carbons (Fsp3) is 0.476. The summed E-state index contributed by atoms with van der Waals surface area (Å²) in [7, 11) is 0. The molecule has 3 heterocycles. The fourth-order valence-corrected chi connectivity index (χ4v) is 4.58. The maximum atomic E-state index is 12.4. The highest BCUT2D eigenvalue weighted by atomic mass is 32.1. The van der Waals surface area contributed by atoms with Crippen LogP contribution in [0.25, 0.3) is 11.1 Å². The molecule has 2 aliphatic heterocycles. The Labute approximate surface area is 159 Å². The zero-order valence-corrected chi connectivity index (χ0v) is 15.8. The predicted molar refractivity (Wildman–Crippen MR) is 106 cm³/mol. The highest BCUT2D eigenvalue weighted by Gasteiger charge is 2.27. The second-order valence-electron chi connectivity index (χ2n) is 7.30. The average molecular weight is 371 g/mol. The van der Waals surface area contributed by atoms with Gasteiger partial charge in [0.25, 0.3) is 5.91 Å². The van der Waals surface area contributed by atoms with Crippen LogP contribution in [0.1, 0.15) is 29.6 Å². The SMILES string of the molecule is O=C(NCC1CCN(C2CCOC2)CC1)c1ccc(-c2ccsc2)cc1. The molecule has 138 valence electrons. The quantitative estimate of drug-likeness (QED) is 0.874. The third-order valence-corrected chi connectivity index (χ3v) is 6.31. The van der Waals surface area contributed by atoms with E-state index in [0.29, 0.717) is 12.0 Å². The summed E-state index contributed by atoms with van der Waals surface area (Å²) in [5.41, 5.74) is 3.11. The third-order valence-electron chi connectivity index (χ3n) is 5.62. The first-order valence-corrected chi connectivity index (χ1v) is 10.5. The van der Waals surface area contributed by atoms with Gasteiger partial charge >= 0.3 is 0 Å². The number of piperidine rings is 1. The second-order valence-corrected chi connectivity index (χ2v) is 8.08. The van der Waals surface area contributed by atoms with Crippen LogP contribution in [0.3, 0.4) is 0 Å². The first-order chi connectivity index (χ1) is 12.8. The molecule has 1 atom stereocenters. The van der Waals surface area contributed by atoms with Gasteiger partial charge in [0.05, 0.1) is 6.61 Å². The van der Waals surface area contributed by atoms with E-state index in [1.54, 1.807) is 11.3 Å². The number of benzene rings is 1. The zero-order chi connectivity index (χ0) is 17.8. The van der Waals surface area contributed by atoms with Gasteiger partial charge in [-0.1, -0.05) is 12.1 Å². The number of nitrogens with one attached hydrogen (secondary N) is 1.